The van der Waals surface area contributed by atoms with Crippen LogP contribution in [0, 0.1) is 0 Å². The van der Waals surface area contributed by atoms with Crippen LogP contribution >= 0.6 is 15.9 Å². The van der Waals surface area contributed by atoms with E-state index in [0.717, 1.165) is 16.5 Å². The minimum absolute atomic E-state index is 0.0561. The second-order valence-electron chi connectivity index (χ2n) is 6.40. The SMILES string of the molecule is CC[C@@H](C)NC(=O)CN1C(=O)/C(=C\c2cccc(Br)c2)Oc2ccccc21. The lowest BCUT2D eigenvalue weighted by molar-refractivity contribution is -0.123. The van der Waals surface area contributed by atoms with Crippen LogP contribution in [-0.4, -0.2) is 24.4 Å². The highest BCUT2D eigenvalue weighted by Gasteiger charge is 2.31. The minimum atomic E-state index is -0.340. The summed E-state index contributed by atoms with van der Waals surface area (Å²) in [4.78, 5) is 26.8. The van der Waals surface area contributed by atoms with E-state index in [1.807, 2.05) is 50.2 Å². The summed E-state index contributed by atoms with van der Waals surface area (Å²) in [7, 11) is 0. The Labute approximate surface area is 167 Å². The van der Waals surface area contributed by atoms with Crippen LogP contribution in [0.2, 0.25) is 0 Å². The van der Waals surface area contributed by atoms with Gasteiger partial charge in [0.05, 0.1) is 5.69 Å². The maximum Gasteiger partial charge on any atom is 0.294 e. The molecule has 3 rings (SSSR count). The summed E-state index contributed by atoms with van der Waals surface area (Å²) in [5, 5.41) is 2.90. The Morgan fingerprint density at radius 1 is 1.26 bits per heavy atom. The summed E-state index contributed by atoms with van der Waals surface area (Å²) in [6, 6.07) is 14.8. The fraction of sp³-hybridized carbons (Fsp3) is 0.238. The summed E-state index contributed by atoms with van der Waals surface area (Å²) in [5.41, 5.74) is 1.42. The molecule has 0 spiro atoms. The molecule has 2 aromatic carbocycles. The third-order valence-electron chi connectivity index (χ3n) is 4.30. The van der Waals surface area contributed by atoms with E-state index in [-0.39, 0.29) is 30.2 Å². The Hall–Kier alpha value is -2.60. The molecule has 1 aliphatic heterocycles. The highest BCUT2D eigenvalue weighted by molar-refractivity contribution is 9.10. The monoisotopic (exact) mass is 428 g/mol. The number of carbonyl (C=O) groups excluding carboxylic acids is 2. The van der Waals surface area contributed by atoms with Crippen molar-refractivity contribution in [2.24, 2.45) is 0 Å². The normalized spacial score (nSPS) is 15.9. The molecule has 1 N–H and O–H groups in total. The molecular weight excluding hydrogens is 408 g/mol. The fourth-order valence-electron chi connectivity index (χ4n) is 2.73. The van der Waals surface area contributed by atoms with Gasteiger partial charge in [-0.25, -0.2) is 0 Å². The molecule has 0 aliphatic carbocycles. The van der Waals surface area contributed by atoms with Gasteiger partial charge in [-0.1, -0.05) is 47.1 Å². The molecule has 2 aromatic rings. The van der Waals surface area contributed by atoms with Gasteiger partial charge < -0.3 is 10.1 Å². The van der Waals surface area contributed by atoms with Crippen molar-refractivity contribution in [2.75, 3.05) is 11.4 Å². The van der Waals surface area contributed by atoms with Crippen LogP contribution in [0.15, 0.2) is 58.8 Å². The van der Waals surface area contributed by atoms with Crippen molar-refractivity contribution in [1.29, 1.82) is 0 Å². The van der Waals surface area contributed by atoms with Crippen molar-refractivity contribution >= 4 is 39.5 Å². The second kappa shape index (κ2) is 8.39. The molecule has 0 saturated carbocycles. The van der Waals surface area contributed by atoms with Gasteiger partial charge >= 0.3 is 0 Å². The number of benzene rings is 2. The number of hydrogen-bond acceptors (Lipinski definition) is 3. The van der Waals surface area contributed by atoms with Gasteiger partial charge in [-0.15, -0.1) is 0 Å². The first-order valence-corrected chi connectivity index (χ1v) is 9.62. The summed E-state index contributed by atoms with van der Waals surface area (Å²) < 4.78 is 6.73. The number of rotatable bonds is 5. The number of ether oxygens (including phenoxy) is 1. The molecule has 27 heavy (non-hydrogen) atoms. The van der Waals surface area contributed by atoms with E-state index < -0.39 is 0 Å². The van der Waals surface area contributed by atoms with E-state index in [2.05, 4.69) is 21.2 Å². The number of fused-ring (bicyclic) bond motifs is 1. The maximum atomic E-state index is 13.0. The van der Waals surface area contributed by atoms with Crippen molar-refractivity contribution in [1.82, 2.24) is 5.32 Å². The maximum absolute atomic E-state index is 13.0. The summed E-state index contributed by atoms with van der Waals surface area (Å²) in [6.45, 7) is 3.88. The fourth-order valence-corrected chi connectivity index (χ4v) is 3.15. The van der Waals surface area contributed by atoms with Gasteiger partial charge in [0.1, 0.15) is 6.54 Å². The number of carbonyl (C=O) groups is 2. The number of anilines is 1. The van der Waals surface area contributed by atoms with Crippen LogP contribution in [0.25, 0.3) is 6.08 Å². The van der Waals surface area contributed by atoms with E-state index in [0.29, 0.717) is 11.4 Å². The Morgan fingerprint density at radius 3 is 2.78 bits per heavy atom. The third kappa shape index (κ3) is 4.57. The van der Waals surface area contributed by atoms with Crippen molar-refractivity contribution in [3.8, 4) is 5.75 Å². The van der Waals surface area contributed by atoms with Gasteiger partial charge in [0, 0.05) is 10.5 Å². The molecule has 1 atom stereocenters. The van der Waals surface area contributed by atoms with Crippen LogP contribution in [0.3, 0.4) is 0 Å². The molecule has 5 nitrogen and oxygen atoms in total. The molecule has 0 saturated heterocycles. The molecule has 0 aromatic heterocycles. The summed E-state index contributed by atoms with van der Waals surface area (Å²) in [5.74, 6) is 0.196. The zero-order valence-electron chi connectivity index (χ0n) is 15.2. The van der Waals surface area contributed by atoms with Crippen LogP contribution < -0.4 is 15.0 Å². The van der Waals surface area contributed by atoms with Crippen molar-refractivity contribution in [3.05, 3.63) is 64.3 Å². The zero-order valence-corrected chi connectivity index (χ0v) is 16.8. The lowest BCUT2D eigenvalue weighted by Crippen LogP contribution is -2.46. The number of nitrogens with one attached hydrogen (secondary N) is 1. The number of para-hydroxylation sites is 2. The van der Waals surface area contributed by atoms with Gasteiger partial charge in [0.2, 0.25) is 5.91 Å². The highest BCUT2D eigenvalue weighted by Crippen LogP contribution is 2.35. The van der Waals surface area contributed by atoms with Crippen molar-refractivity contribution in [2.45, 2.75) is 26.3 Å². The molecule has 140 valence electrons. The molecule has 0 unspecified atom stereocenters. The Bertz CT molecular complexity index is 895. The largest absolute Gasteiger partial charge is 0.449 e. The number of halogens is 1. The molecule has 0 fully saturated rings. The molecule has 1 aliphatic rings. The van der Waals surface area contributed by atoms with Crippen LogP contribution in [0.1, 0.15) is 25.8 Å². The lowest BCUT2D eigenvalue weighted by atomic mass is 10.1. The molecule has 0 radical (unpaired) electrons. The van der Waals surface area contributed by atoms with E-state index in [9.17, 15) is 9.59 Å². The number of nitrogens with zero attached hydrogens (tertiary/aromatic N) is 1. The molecule has 6 heteroatoms. The van der Waals surface area contributed by atoms with Crippen LogP contribution in [-0.2, 0) is 9.59 Å². The molecule has 1 heterocycles. The number of amides is 2. The van der Waals surface area contributed by atoms with E-state index in [1.165, 1.54) is 4.90 Å². The predicted octanol–water partition coefficient (Wildman–Crippen LogP) is 4.13. The van der Waals surface area contributed by atoms with Gasteiger partial charge in [0.25, 0.3) is 5.91 Å². The van der Waals surface area contributed by atoms with Crippen LogP contribution in [0.5, 0.6) is 5.75 Å². The first-order chi connectivity index (χ1) is 13.0. The summed E-state index contributed by atoms with van der Waals surface area (Å²) in [6.07, 6.45) is 2.51. The van der Waals surface area contributed by atoms with E-state index >= 15 is 0 Å². The first-order valence-electron chi connectivity index (χ1n) is 8.83. The Morgan fingerprint density at radius 2 is 2.04 bits per heavy atom. The van der Waals surface area contributed by atoms with Crippen molar-refractivity contribution in [3.63, 3.8) is 0 Å². The molecule has 0 bridgehead atoms. The van der Waals surface area contributed by atoms with Gasteiger partial charge in [-0.3, -0.25) is 14.5 Å². The van der Waals surface area contributed by atoms with Gasteiger partial charge in [0.15, 0.2) is 11.5 Å². The second-order valence-corrected chi connectivity index (χ2v) is 7.32. The van der Waals surface area contributed by atoms with E-state index in [4.69, 9.17) is 4.74 Å². The standard InChI is InChI=1S/C21H21BrN2O3/c1-3-14(2)23-20(25)13-24-17-9-4-5-10-18(17)27-19(21(24)26)12-15-7-6-8-16(22)11-15/h4-12,14H,3,13H2,1-2H3,(H,23,25)/b19-12+/t14-/m1/s1. The van der Waals surface area contributed by atoms with E-state index in [1.54, 1.807) is 18.2 Å². The summed E-state index contributed by atoms with van der Waals surface area (Å²) >= 11 is 3.42. The first kappa shape index (κ1) is 19.2. The Balaban J connectivity index is 1.92. The average Bonchev–Trinajstić information content (AvgIpc) is 2.65. The molecular formula is C21H21BrN2O3. The number of hydrogen-bond donors (Lipinski definition) is 1. The smallest absolute Gasteiger partial charge is 0.294 e. The predicted molar refractivity (Wildman–Crippen MR) is 109 cm³/mol. The molecule has 2 amide bonds. The van der Waals surface area contributed by atoms with Crippen molar-refractivity contribution < 1.29 is 14.3 Å². The lowest BCUT2D eigenvalue weighted by Gasteiger charge is -2.30. The van der Waals surface area contributed by atoms with Gasteiger partial charge in [-0.2, -0.15) is 0 Å². The van der Waals surface area contributed by atoms with Gasteiger partial charge in [-0.05, 0) is 49.2 Å². The minimum Gasteiger partial charge on any atom is -0.449 e. The highest BCUT2D eigenvalue weighted by atomic mass is 79.9. The topological polar surface area (TPSA) is 58.6 Å². The zero-order chi connectivity index (χ0) is 19.4. The van der Waals surface area contributed by atoms with Crippen LogP contribution in [0.4, 0.5) is 5.69 Å². The Kier molecular flexibility index (Phi) is 5.96. The average molecular weight is 429 g/mol. The quantitative estimate of drug-likeness (QED) is 0.728. The third-order valence-corrected chi connectivity index (χ3v) is 4.79.